The smallest absolute Gasteiger partial charge is 0.360 e. The first-order chi connectivity index (χ1) is 14.6. The quantitative estimate of drug-likeness (QED) is 0.584. The van der Waals surface area contributed by atoms with Crippen LogP contribution >= 0.6 is 11.6 Å². The Kier molecular flexibility index (Phi) is 5.16. The third kappa shape index (κ3) is 3.85. The summed E-state index contributed by atoms with van der Waals surface area (Å²) in [5, 5.41) is 5.65. The van der Waals surface area contributed by atoms with Crippen LogP contribution < -0.4 is 5.32 Å². The van der Waals surface area contributed by atoms with Crippen LogP contribution in [0, 0.1) is 5.82 Å². The van der Waals surface area contributed by atoms with E-state index in [9.17, 15) is 27.2 Å². The fourth-order valence-corrected chi connectivity index (χ4v) is 3.55. The van der Waals surface area contributed by atoms with Gasteiger partial charge in [0.2, 0.25) is 0 Å². The summed E-state index contributed by atoms with van der Waals surface area (Å²) < 4.78 is 57.0. The summed E-state index contributed by atoms with van der Waals surface area (Å²) in [5.74, 6) is -1.79. The molecular weight excluding hydrogens is 444 g/mol. The lowest BCUT2D eigenvalue weighted by Crippen LogP contribution is -2.44. The molecule has 1 aliphatic heterocycles. The Morgan fingerprint density at radius 3 is 2.81 bits per heavy atom. The van der Waals surface area contributed by atoms with Crippen molar-refractivity contribution >= 4 is 34.3 Å². The average Bonchev–Trinajstić information content (AvgIpc) is 3.33. The molecular formula is C19H15ClF4N4O3. The lowest BCUT2D eigenvalue weighted by molar-refractivity contribution is -0.149. The van der Waals surface area contributed by atoms with Gasteiger partial charge in [0, 0.05) is 29.4 Å². The van der Waals surface area contributed by atoms with Crippen LogP contribution in [-0.2, 0) is 13.0 Å². The maximum atomic E-state index is 13.7. The second-order valence-electron chi connectivity index (χ2n) is 7.15. The molecule has 0 unspecified atom stereocenters. The molecule has 0 radical (unpaired) electrons. The van der Waals surface area contributed by atoms with E-state index in [0.29, 0.717) is 16.7 Å². The zero-order chi connectivity index (χ0) is 22.5. The number of nitrogens with zero attached hydrogens (tertiary/aromatic N) is 2. The van der Waals surface area contributed by atoms with E-state index in [1.165, 1.54) is 23.1 Å². The van der Waals surface area contributed by atoms with E-state index in [4.69, 9.17) is 16.1 Å². The van der Waals surface area contributed by atoms with Crippen molar-refractivity contribution < 1.29 is 31.7 Å². The number of aromatic nitrogens is 2. The molecule has 0 fully saturated rings. The Labute approximate surface area is 177 Å². The molecule has 0 saturated heterocycles. The lowest BCUT2D eigenvalue weighted by Gasteiger charge is -2.26. The molecule has 0 saturated carbocycles. The fourth-order valence-electron chi connectivity index (χ4n) is 3.34. The highest BCUT2D eigenvalue weighted by atomic mass is 35.5. The van der Waals surface area contributed by atoms with Crippen molar-refractivity contribution in [3.05, 3.63) is 51.8 Å². The molecule has 4 rings (SSSR count). The summed E-state index contributed by atoms with van der Waals surface area (Å²) in [6, 6.07) is 1.97. The highest BCUT2D eigenvalue weighted by Gasteiger charge is 2.38. The van der Waals surface area contributed by atoms with E-state index in [-0.39, 0.29) is 41.5 Å². The number of hydrogen-bond donors (Lipinski definition) is 2. The van der Waals surface area contributed by atoms with Crippen LogP contribution in [0.2, 0.25) is 5.02 Å². The average molecular weight is 459 g/mol. The molecule has 0 aliphatic carbocycles. The summed E-state index contributed by atoms with van der Waals surface area (Å²) in [6.07, 6.45) is -4.39. The largest absolute Gasteiger partial charge is 0.408 e. The molecule has 1 aromatic carbocycles. The summed E-state index contributed by atoms with van der Waals surface area (Å²) in [5.41, 5.74) is 0.565. The predicted octanol–water partition coefficient (Wildman–Crippen LogP) is 3.83. The number of hydrogen-bond acceptors (Lipinski definition) is 4. The maximum Gasteiger partial charge on any atom is 0.408 e. The molecule has 31 heavy (non-hydrogen) atoms. The Morgan fingerprint density at radius 1 is 1.35 bits per heavy atom. The number of aromatic amines is 1. The van der Waals surface area contributed by atoms with Gasteiger partial charge in [0.25, 0.3) is 11.8 Å². The molecule has 1 aliphatic rings. The number of rotatable bonds is 3. The number of halogens is 5. The molecule has 7 nitrogen and oxygen atoms in total. The van der Waals surface area contributed by atoms with Crippen LogP contribution in [0.4, 0.5) is 17.6 Å². The molecule has 3 aromatic rings. The van der Waals surface area contributed by atoms with E-state index in [0.717, 1.165) is 6.92 Å². The molecule has 3 heterocycles. The zero-order valence-electron chi connectivity index (χ0n) is 15.9. The number of alkyl halides is 3. The highest BCUT2D eigenvalue weighted by Crippen LogP contribution is 2.29. The van der Waals surface area contributed by atoms with Crippen LogP contribution in [0.1, 0.15) is 39.2 Å². The third-order valence-corrected chi connectivity index (χ3v) is 5.47. The third-order valence-electron chi connectivity index (χ3n) is 5.09. The molecule has 0 bridgehead atoms. The van der Waals surface area contributed by atoms with Crippen molar-refractivity contribution in [1.82, 2.24) is 20.4 Å². The molecule has 2 aromatic heterocycles. The number of carbonyl (C=O) groups excluding carboxylic acids is 2. The Balaban J connectivity index is 1.56. The topological polar surface area (TPSA) is 91.2 Å². The minimum atomic E-state index is -4.61. The monoisotopic (exact) mass is 458 g/mol. The van der Waals surface area contributed by atoms with E-state index in [1.807, 2.05) is 5.32 Å². The number of nitrogens with one attached hydrogen (secondary N) is 2. The van der Waals surface area contributed by atoms with Gasteiger partial charge < -0.3 is 19.7 Å². The minimum absolute atomic E-state index is 0.0850. The summed E-state index contributed by atoms with van der Waals surface area (Å²) in [6.45, 7) is 0.959. The number of H-pyrrole nitrogens is 1. The first kappa shape index (κ1) is 21.2. The summed E-state index contributed by atoms with van der Waals surface area (Å²) >= 11 is 5.95. The Morgan fingerprint density at radius 2 is 2.10 bits per heavy atom. The summed E-state index contributed by atoms with van der Waals surface area (Å²) in [4.78, 5) is 29.5. The standard InChI is InChI=1S/C19H15ClF4N4O3/c1-8(19(22,23)24)25-17(29)16-10-7-28(5-4-14(10)31-27-16)18(30)13-6-9-12(26-13)3-2-11(21)15(9)20/h2-3,6,8,26H,4-5,7H2,1H3,(H,25,29)/t8-/m1/s1. The Hall–Kier alpha value is -3.08. The van der Waals surface area contributed by atoms with Crippen LogP contribution in [0.25, 0.3) is 10.9 Å². The minimum Gasteiger partial charge on any atom is -0.360 e. The van der Waals surface area contributed by atoms with Crippen molar-refractivity contribution in [3.8, 4) is 0 Å². The lowest BCUT2D eigenvalue weighted by atomic mass is 10.0. The second kappa shape index (κ2) is 7.56. The summed E-state index contributed by atoms with van der Waals surface area (Å²) in [7, 11) is 0. The van der Waals surface area contributed by atoms with Crippen molar-refractivity contribution in [2.24, 2.45) is 0 Å². The van der Waals surface area contributed by atoms with Gasteiger partial charge in [-0.3, -0.25) is 9.59 Å². The van der Waals surface area contributed by atoms with Crippen LogP contribution in [0.3, 0.4) is 0 Å². The molecule has 2 N–H and O–H groups in total. The van der Waals surface area contributed by atoms with Gasteiger partial charge in [0.1, 0.15) is 23.3 Å². The van der Waals surface area contributed by atoms with Gasteiger partial charge in [0.05, 0.1) is 11.6 Å². The zero-order valence-corrected chi connectivity index (χ0v) is 16.7. The fraction of sp³-hybridized carbons (Fsp3) is 0.316. The van der Waals surface area contributed by atoms with Gasteiger partial charge in [-0.25, -0.2) is 4.39 Å². The van der Waals surface area contributed by atoms with Crippen molar-refractivity contribution in [1.29, 1.82) is 0 Å². The van der Waals surface area contributed by atoms with Gasteiger partial charge in [0.15, 0.2) is 5.69 Å². The van der Waals surface area contributed by atoms with Gasteiger partial charge in [-0.15, -0.1) is 0 Å². The molecule has 164 valence electrons. The Bertz CT molecular complexity index is 1190. The van der Waals surface area contributed by atoms with Gasteiger partial charge in [-0.05, 0) is 25.1 Å². The molecule has 12 heteroatoms. The number of carbonyl (C=O) groups is 2. The van der Waals surface area contributed by atoms with Crippen molar-refractivity contribution in [2.75, 3.05) is 6.54 Å². The van der Waals surface area contributed by atoms with E-state index in [2.05, 4.69) is 10.1 Å². The second-order valence-corrected chi connectivity index (χ2v) is 7.53. The SMILES string of the molecule is C[C@@H](NC(=O)c1noc2c1CN(C(=O)c1cc3c(Cl)c(F)ccc3[nH]1)CC2)C(F)(F)F. The number of amides is 2. The van der Waals surface area contributed by atoms with Crippen molar-refractivity contribution in [3.63, 3.8) is 0 Å². The van der Waals surface area contributed by atoms with Gasteiger partial charge in [-0.1, -0.05) is 16.8 Å². The normalized spacial score (nSPS) is 15.1. The van der Waals surface area contributed by atoms with Crippen molar-refractivity contribution in [2.45, 2.75) is 32.1 Å². The maximum absolute atomic E-state index is 13.7. The highest BCUT2D eigenvalue weighted by molar-refractivity contribution is 6.35. The first-order valence-corrected chi connectivity index (χ1v) is 9.55. The predicted molar refractivity (Wildman–Crippen MR) is 101 cm³/mol. The number of benzene rings is 1. The van der Waals surface area contributed by atoms with E-state index < -0.39 is 29.8 Å². The van der Waals surface area contributed by atoms with Gasteiger partial charge in [-0.2, -0.15) is 13.2 Å². The van der Waals surface area contributed by atoms with Crippen LogP contribution in [0.5, 0.6) is 0 Å². The van der Waals surface area contributed by atoms with Crippen LogP contribution in [0.15, 0.2) is 22.7 Å². The first-order valence-electron chi connectivity index (χ1n) is 9.17. The van der Waals surface area contributed by atoms with E-state index >= 15 is 0 Å². The number of fused-ring (bicyclic) bond motifs is 2. The van der Waals surface area contributed by atoms with Crippen LogP contribution in [-0.4, -0.2) is 45.6 Å². The molecule has 0 spiro atoms. The molecule has 1 atom stereocenters. The molecule has 2 amide bonds. The van der Waals surface area contributed by atoms with E-state index in [1.54, 1.807) is 0 Å². The van der Waals surface area contributed by atoms with Gasteiger partial charge >= 0.3 is 6.18 Å².